The van der Waals surface area contributed by atoms with Crippen LogP contribution in [0.15, 0.2) is 24.3 Å². The van der Waals surface area contributed by atoms with Gasteiger partial charge >= 0.3 is 0 Å². The molecule has 0 bridgehead atoms. The number of nitrogens with two attached hydrogens (primary N) is 1. The normalized spacial score (nSPS) is 10.9. The number of carbonyl (C=O) groups excluding carboxylic acids is 1. The molecule has 3 N–H and O–H groups in total. The third-order valence-corrected chi connectivity index (χ3v) is 2.41. The van der Waals surface area contributed by atoms with E-state index in [1.54, 1.807) is 13.8 Å². The summed E-state index contributed by atoms with van der Waals surface area (Å²) in [5.74, 6) is 0.0973. The van der Waals surface area contributed by atoms with Crippen molar-refractivity contribution in [2.45, 2.75) is 19.4 Å². The number of carbonyl (C=O) groups is 1. The lowest BCUT2D eigenvalue weighted by atomic mass is 10.1. The Morgan fingerprint density at radius 1 is 1.42 bits per heavy atom. The Kier molecular flexibility index (Phi) is 4.82. The molecular formula is C12H17N3O4. The molecule has 7 nitrogen and oxygen atoms in total. The first-order chi connectivity index (χ1) is 8.84. The quantitative estimate of drug-likeness (QED) is 0.586. The van der Waals surface area contributed by atoms with Crippen molar-refractivity contribution in [1.82, 2.24) is 5.32 Å². The molecule has 1 rings (SSSR count). The number of nitrogens with zero attached hydrogens (tertiary/aromatic N) is 1. The minimum absolute atomic E-state index is 0.0268. The van der Waals surface area contributed by atoms with Crippen molar-refractivity contribution in [3.8, 4) is 5.75 Å². The Balaban J connectivity index is 2.48. The van der Waals surface area contributed by atoms with E-state index in [2.05, 4.69) is 5.32 Å². The Hall–Kier alpha value is -2.15. The van der Waals surface area contributed by atoms with Gasteiger partial charge in [-0.2, -0.15) is 0 Å². The van der Waals surface area contributed by atoms with E-state index >= 15 is 0 Å². The maximum absolute atomic E-state index is 11.6. The van der Waals surface area contributed by atoms with Crippen LogP contribution in [0, 0.1) is 10.1 Å². The summed E-state index contributed by atoms with van der Waals surface area (Å²) < 4.78 is 5.22. The predicted molar refractivity (Wildman–Crippen MR) is 69.9 cm³/mol. The van der Waals surface area contributed by atoms with Crippen LogP contribution in [0.25, 0.3) is 0 Å². The monoisotopic (exact) mass is 267 g/mol. The summed E-state index contributed by atoms with van der Waals surface area (Å²) in [6, 6.07) is 5.52. The first-order valence-electron chi connectivity index (χ1n) is 5.72. The molecule has 0 spiro atoms. The van der Waals surface area contributed by atoms with E-state index in [1.807, 2.05) is 0 Å². The van der Waals surface area contributed by atoms with E-state index in [4.69, 9.17) is 10.5 Å². The van der Waals surface area contributed by atoms with E-state index in [0.29, 0.717) is 12.3 Å². The lowest BCUT2D eigenvalue weighted by Gasteiger charge is -2.24. The summed E-state index contributed by atoms with van der Waals surface area (Å²) in [6.45, 7) is 3.76. The molecule has 0 aromatic heterocycles. The first kappa shape index (κ1) is 14.9. The summed E-state index contributed by atoms with van der Waals surface area (Å²) in [4.78, 5) is 21.5. The van der Waals surface area contributed by atoms with Crippen LogP contribution in [-0.2, 0) is 4.79 Å². The molecule has 0 aliphatic carbocycles. The van der Waals surface area contributed by atoms with E-state index in [0.717, 1.165) is 0 Å². The minimum Gasteiger partial charge on any atom is -0.484 e. The summed E-state index contributed by atoms with van der Waals surface area (Å²) in [6.07, 6.45) is 0. The van der Waals surface area contributed by atoms with Crippen LogP contribution in [0.2, 0.25) is 0 Å². The fourth-order valence-corrected chi connectivity index (χ4v) is 1.28. The third kappa shape index (κ3) is 4.92. The van der Waals surface area contributed by atoms with Crippen LogP contribution in [0.3, 0.4) is 0 Å². The first-order valence-corrected chi connectivity index (χ1v) is 5.72. The van der Waals surface area contributed by atoms with Crippen molar-refractivity contribution in [2.75, 3.05) is 13.2 Å². The molecule has 0 atom stereocenters. The number of amides is 1. The molecule has 0 saturated heterocycles. The molecule has 1 aromatic rings. The van der Waals surface area contributed by atoms with Crippen LogP contribution in [0.5, 0.6) is 5.75 Å². The van der Waals surface area contributed by atoms with Gasteiger partial charge in [-0.15, -0.1) is 0 Å². The zero-order chi connectivity index (χ0) is 14.5. The molecule has 19 heavy (non-hydrogen) atoms. The molecular weight excluding hydrogens is 250 g/mol. The second-order valence-electron chi connectivity index (χ2n) is 4.68. The van der Waals surface area contributed by atoms with E-state index < -0.39 is 10.5 Å². The number of nitrogens with one attached hydrogen (secondary N) is 1. The lowest BCUT2D eigenvalue weighted by molar-refractivity contribution is -0.384. The zero-order valence-corrected chi connectivity index (χ0v) is 10.9. The maximum Gasteiger partial charge on any atom is 0.269 e. The van der Waals surface area contributed by atoms with Gasteiger partial charge in [-0.05, 0) is 26.0 Å². The van der Waals surface area contributed by atoms with Crippen molar-refractivity contribution < 1.29 is 14.5 Å². The molecule has 1 aromatic carbocycles. The highest BCUT2D eigenvalue weighted by Gasteiger charge is 2.18. The van der Waals surface area contributed by atoms with Gasteiger partial charge in [0.25, 0.3) is 11.6 Å². The number of rotatable bonds is 6. The molecule has 104 valence electrons. The van der Waals surface area contributed by atoms with Gasteiger partial charge in [0.1, 0.15) is 5.75 Å². The van der Waals surface area contributed by atoms with Crippen molar-refractivity contribution in [2.24, 2.45) is 5.73 Å². The standard InChI is InChI=1S/C12H17N3O4/c1-12(2,8-13)14-11(16)7-19-10-5-3-9(4-6-10)15(17)18/h3-6H,7-8,13H2,1-2H3,(H,14,16). The van der Waals surface area contributed by atoms with Crippen LogP contribution >= 0.6 is 0 Å². The van der Waals surface area contributed by atoms with Crippen LogP contribution in [0.4, 0.5) is 5.69 Å². The number of hydrogen-bond donors (Lipinski definition) is 2. The number of benzene rings is 1. The summed E-state index contributed by atoms with van der Waals surface area (Å²) in [7, 11) is 0. The molecule has 0 aliphatic heterocycles. The summed E-state index contributed by atoms with van der Waals surface area (Å²) >= 11 is 0. The van der Waals surface area contributed by atoms with Crippen molar-refractivity contribution in [1.29, 1.82) is 0 Å². The van der Waals surface area contributed by atoms with E-state index in [9.17, 15) is 14.9 Å². The number of nitro benzene ring substituents is 1. The van der Waals surface area contributed by atoms with Crippen molar-refractivity contribution in [3.05, 3.63) is 34.4 Å². The number of non-ortho nitro benzene ring substituents is 1. The SMILES string of the molecule is CC(C)(CN)NC(=O)COc1ccc([N+](=O)[O-])cc1. The minimum atomic E-state index is -0.500. The fourth-order valence-electron chi connectivity index (χ4n) is 1.28. The van der Waals surface area contributed by atoms with E-state index in [1.165, 1.54) is 24.3 Å². The predicted octanol–water partition coefficient (Wildman–Crippen LogP) is 0.827. The Morgan fingerprint density at radius 3 is 2.47 bits per heavy atom. The molecule has 0 aliphatic rings. The van der Waals surface area contributed by atoms with Crippen molar-refractivity contribution >= 4 is 11.6 Å². The van der Waals surface area contributed by atoms with Gasteiger partial charge < -0.3 is 15.8 Å². The van der Waals surface area contributed by atoms with Gasteiger partial charge in [0.2, 0.25) is 0 Å². The molecule has 0 unspecified atom stereocenters. The van der Waals surface area contributed by atoms with Gasteiger partial charge in [-0.25, -0.2) is 0 Å². The number of hydrogen-bond acceptors (Lipinski definition) is 5. The van der Waals surface area contributed by atoms with E-state index in [-0.39, 0.29) is 18.2 Å². The van der Waals surface area contributed by atoms with Gasteiger partial charge in [-0.3, -0.25) is 14.9 Å². The highest BCUT2D eigenvalue weighted by Crippen LogP contribution is 2.17. The van der Waals surface area contributed by atoms with Gasteiger partial charge in [0, 0.05) is 24.2 Å². The summed E-state index contributed by atoms with van der Waals surface area (Å²) in [5.41, 5.74) is 4.97. The van der Waals surface area contributed by atoms with Gasteiger partial charge in [-0.1, -0.05) is 0 Å². The number of nitro groups is 1. The highest BCUT2D eigenvalue weighted by atomic mass is 16.6. The Morgan fingerprint density at radius 2 is 2.00 bits per heavy atom. The third-order valence-electron chi connectivity index (χ3n) is 2.41. The van der Waals surface area contributed by atoms with Gasteiger partial charge in [0.15, 0.2) is 6.61 Å². The fraction of sp³-hybridized carbons (Fsp3) is 0.417. The average molecular weight is 267 g/mol. The van der Waals surface area contributed by atoms with Crippen molar-refractivity contribution in [3.63, 3.8) is 0 Å². The molecule has 0 radical (unpaired) electrons. The number of ether oxygens (including phenoxy) is 1. The smallest absolute Gasteiger partial charge is 0.269 e. The van der Waals surface area contributed by atoms with Crippen LogP contribution in [0.1, 0.15) is 13.8 Å². The Bertz CT molecular complexity index is 457. The second-order valence-corrected chi connectivity index (χ2v) is 4.68. The lowest BCUT2D eigenvalue weighted by Crippen LogP contribution is -2.50. The van der Waals surface area contributed by atoms with Crippen LogP contribution < -0.4 is 15.8 Å². The summed E-state index contributed by atoms with van der Waals surface area (Å²) in [5, 5.41) is 13.2. The zero-order valence-electron chi connectivity index (χ0n) is 10.9. The van der Waals surface area contributed by atoms with Crippen LogP contribution in [-0.4, -0.2) is 29.5 Å². The second kappa shape index (κ2) is 6.14. The molecule has 0 saturated carbocycles. The molecule has 0 fully saturated rings. The largest absolute Gasteiger partial charge is 0.484 e. The maximum atomic E-state index is 11.6. The molecule has 1 amide bonds. The Labute approximate surface area is 110 Å². The van der Waals surface area contributed by atoms with Gasteiger partial charge in [0.05, 0.1) is 4.92 Å². The molecule has 0 heterocycles. The topological polar surface area (TPSA) is 107 Å². The molecule has 7 heteroatoms. The average Bonchev–Trinajstić information content (AvgIpc) is 2.36. The highest BCUT2D eigenvalue weighted by molar-refractivity contribution is 5.78.